The molecule has 292 valence electrons. The van der Waals surface area contributed by atoms with Crippen LogP contribution in [0.2, 0.25) is 0 Å². The monoisotopic (exact) mass is 740 g/mol. The number of likely N-dealkylation sites (tertiary alicyclic amines) is 1. The number of amides is 2. The molecule has 3 fully saturated rings. The van der Waals surface area contributed by atoms with Gasteiger partial charge < -0.3 is 10.2 Å². The number of aromatic nitrogens is 2. The van der Waals surface area contributed by atoms with Gasteiger partial charge >= 0.3 is 0 Å². The molecular weight excluding hydrogens is 681 g/mol. The number of hydrogen-bond donors (Lipinski definition) is 1. The van der Waals surface area contributed by atoms with Crippen molar-refractivity contribution in [1.29, 1.82) is 0 Å². The van der Waals surface area contributed by atoms with Gasteiger partial charge in [-0.3, -0.25) is 33.8 Å². The minimum absolute atomic E-state index is 0.00184. The Balaban J connectivity index is 1.34. The Hall–Kier alpha value is -4.08. The van der Waals surface area contributed by atoms with E-state index in [4.69, 9.17) is 0 Å². The first-order chi connectivity index (χ1) is 25.8. The van der Waals surface area contributed by atoms with Crippen LogP contribution in [0.5, 0.6) is 0 Å². The van der Waals surface area contributed by atoms with E-state index in [2.05, 4.69) is 15.3 Å². The zero-order valence-corrected chi connectivity index (χ0v) is 32.9. The molecule has 10 heteroatoms. The van der Waals surface area contributed by atoms with E-state index in [1.54, 1.807) is 4.90 Å². The van der Waals surface area contributed by atoms with Gasteiger partial charge in [-0.15, -0.1) is 0 Å². The van der Waals surface area contributed by atoms with Crippen LogP contribution in [0, 0.1) is 35.0 Å². The lowest BCUT2D eigenvalue weighted by molar-refractivity contribution is -0.146. The molecule has 5 rings (SSSR count). The molecule has 0 spiro atoms. The Morgan fingerprint density at radius 1 is 0.889 bits per heavy atom. The Labute approximate surface area is 321 Å². The number of fused-ring (bicyclic) bond motifs is 1. The highest BCUT2D eigenvalue weighted by atomic mass is 16.2. The molecule has 3 aliphatic rings. The first-order valence-electron chi connectivity index (χ1n) is 20.3. The molecule has 1 saturated heterocycles. The molecule has 1 aromatic heterocycles. The first kappa shape index (κ1) is 41.1. The maximum Gasteiger partial charge on any atom is 0.246 e. The Bertz CT molecular complexity index is 1630. The second kappa shape index (κ2) is 18.5. The minimum Gasteiger partial charge on any atom is -0.344 e. The van der Waals surface area contributed by atoms with Gasteiger partial charge in [0.25, 0.3) is 0 Å². The third-order valence-corrected chi connectivity index (χ3v) is 12.3. The molecule has 1 aliphatic heterocycles. The van der Waals surface area contributed by atoms with Crippen LogP contribution >= 0.6 is 0 Å². The molecule has 0 radical (unpaired) electrons. The zero-order valence-electron chi connectivity index (χ0n) is 32.9. The van der Waals surface area contributed by atoms with Gasteiger partial charge in [0.1, 0.15) is 11.7 Å². The third-order valence-electron chi connectivity index (χ3n) is 12.3. The van der Waals surface area contributed by atoms with Gasteiger partial charge in [-0.25, -0.2) is 4.98 Å². The lowest BCUT2D eigenvalue weighted by Crippen LogP contribution is -2.58. The number of benzene rings is 1. The van der Waals surface area contributed by atoms with Crippen molar-refractivity contribution >= 4 is 34.9 Å². The number of ketones is 4. The minimum atomic E-state index is -0.939. The van der Waals surface area contributed by atoms with Gasteiger partial charge in [0.15, 0.2) is 17.3 Å². The predicted molar refractivity (Wildman–Crippen MR) is 206 cm³/mol. The van der Waals surface area contributed by atoms with Crippen molar-refractivity contribution in [2.45, 2.75) is 136 Å². The van der Waals surface area contributed by atoms with E-state index in [0.29, 0.717) is 19.4 Å². The molecule has 54 heavy (non-hydrogen) atoms. The number of carbonyl (C=O) groups is 6. The standard InChI is InChI=1S/C44H60N4O6/c1-6-14-31(40(52)38(51)23-28(2)29-15-9-7-10-16-29)24-37(50)39-33-20-13-19-32(33)27-48(39)43(54)41(44(3,4)5)47-42(53)34(30-17-11-8-12-18-30)25-36(49)35-26-45-21-22-46-35/h7,9-10,15-16,21-22,26,28,30-34,39,41H,6,8,11-14,17-20,23-25,27H2,1-5H3,(H,47,53)/t28-,31?,32?,33+,34-,39+,41-/m1/s1. The number of carbonyl (C=O) groups excluding carboxylic acids is 6. The van der Waals surface area contributed by atoms with Crippen LogP contribution in [-0.4, -0.2) is 68.4 Å². The summed E-state index contributed by atoms with van der Waals surface area (Å²) in [6.45, 7) is 10.0. The highest BCUT2D eigenvalue weighted by Gasteiger charge is 2.52. The lowest BCUT2D eigenvalue weighted by Gasteiger charge is -2.38. The fraction of sp³-hybridized carbons (Fsp3) is 0.636. The van der Waals surface area contributed by atoms with E-state index in [-0.39, 0.29) is 72.0 Å². The summed E-state index contributed by atoms with van der Waals surface area (Å²) in [5.74, 6) is -3.39. The molecule has 2 aliphatic carbocycles. The van der Waals surface area contributed by atoms with Gasteiger partial charge in [-0.2, -0.15) is 0 Å². The quantitative estimate of drug-likeness (QED) is 0.134. The SMILES string of the molecule is CCCC(CC(=O)[C@@H]1[C@H]2CCCC2CN1C(=O)[C@@H](NC(=O)[C@H](CC(=O)c1cnccn1)C1CCCCC1)C(C)(C)C)C(=O)C(=O)C[C@@H](C)c1ccccc1. The molecule has 2 unspecified atom stereocenters. The third kappa shape index (κ3) is 9.96. The summed E-state index contributed by atoms with van der Waals surface area (Å²) in [7, 11) is 0. The topological polar surface area (TPSA) is 143 Å². The summed E-state index contributed by atoms with van der Waals surface area (Å²) in [6, 6.07) is 7.97. The predicted octanol–water partition coefficient (Wildman–Crippen LogP) is 7.11. The number of Topliss-reactive ketones (excluding diaryl/α,β-unsaturated/α-hetero) is 4. The van der Waals surface area contributed by atoms with Crippen LogP contribution in [0.4, 0.5) is 0 Å². The number of nitrogens with zero attached hydrogens (tertiary/aromatic N) is 3. The summed E-state index contributed by atoms with van der Waals surface area (Å²) in [5.41, 5.74) is 0.496. The van der Waals surface area contributed by atoms with Crippen molar-refractivity contribution in [3.05, 3.63) is 60.2 Å². The summed E-state index contributed by atoms with van der Waals surface area (Å²) in [6.07, 6.45) is 12.8. The van der Waals surface area contributed by atoms with Gasteiger partial charge in [-0.1, -0.05) is 97.1 Å². The van der Waals surface area contributed by atoms with E-state index < -0.39 is 40.9 Å². The fourth-order valence-corrected chi connectivity index (χ4v) is 9.31. The molecule has 2 aromatic rings. The van der Waals surface area contributed by atoms with Crippen LogP contribution in [-0.2, 0) is 24.0 Å². The smallest absolute Gasteiger partial charge is 0.246 e. The first-order valence-corrected chi connectivity index (χ1v) is 20.3. The second-order valence-electron chi connectivity index (χ2n) is 17.3. The molecule has 0 bridgehead atoms. The highest BCUT2D eigenvalue weighted by molar-refractivity contribution is 6.38. The average Bonchev–Trinajstić information content (AvgIpc) is 3.77. The van der Waals surface area contributed by atoms with Crippen molar-refractivity contribution in [2.75, 3.05) is 6.54 Å². The largest absolute Gasteiger partial charge is 0.344 e. The van der Waals surface area contributed by atoms with Crippen molar-refractivity contribution in [3.63, 3.8) is 0 Å². The normalized spacial score (nSPS) is 22.5. The van der Waals surface area contributed by atoms with Crippen molar-refractivity contribution in [3.8, 4) is 0 Å². The van der Waals surface area contributed by atoms with Gasteiger partial charge in [0, 0.05) is 50.0 Å². The molecule has 2 amide bonds. The van der Waals surface area contributed by atoms with Crippen molar-refractivity contribution in [2.24, 2.45) is 35.0 Å². The van der Waals surface area contributed by atoms with Gasteiger partial charge in [0.05, 0.1) is 12.2 Å². The van der Waals surface area contributed by atoms with E-state index >= 15 is 0 Å². The number of rotatable bonds is 17. The van der Waals surface area contributed by atoms with Crippen LogP contribution in [0.25, 0.3) is 0 Å². The second-order valence-corrected chi connectivity index (χ2v) is 17.3. The summed E-state index contributed by atoms with van der Waals surface area (Å²) < 4.78 is 0. The van der Waals surface area contributed by atoms with E-state index in [0.717, 1.165) is 56.9 Å². The van der Waals surface area contributed by atoms with Gasteiger partial charge in [-0.05, 0) is 66.8 Å². The summed E-state index contributed by atoms with van der Waals surface area (Å²) >= 11 is 0. The maximum absolute atomic E-state index is 14.8. The zero-order chi connectivity index (χ0) is 39.0. The molecule has 2 saturated carbocycles. The van der Waals surface area contributed by atoms with Gasteiger partial charge in [0.2, 0.25) is 17.6 Å². The van der Waals surface area contributed by atoms with E-state index in [1.807, 2.05) is 65.0 Å². The van der Waals surface area contributed by atoms with E-state index in [1.165, 1.54) is 18.6 Å². The molecule has 10 nitrogen and oxygen atoms in total. The van der Waals surface area contributed by atoms with Crippen LogP contribution in [0.1, 0.15) is 140 Å². The van der Waals surface area contributed by atoms with Crippen molar-refractivity contribution < 1.29 is 28.8 Å². The maximum atomic E-state index is 14.8. The van der Waals surface area contributed by atoms with Crippen LogP contribution in [0.15, 0.2) is 48.9 Å². The molecule has 7 atom stereocenters. The molecule has 1 N–H and O–H groups in total. The number of nitrogens with one attached hydrogen (secondary N) is 1. The van der Waals surface area contributed by atoms with E-state index in [9.17, 15) is 28.8 Å². The fourth-order valence-electron chi connectivity index (χ4n) is 9.31. The summed E-state index contributed by atoms with van der Waals surface area (Å²) in [5, 5.41) is 3.11. The van der Waals surface area contributed by atoms with Crippen molar-refractivity contribution in [1.82, 2.24) is 20.2 Å². The molecule has 1 aromatic carbocycles. The van der Waals surface area contributed by atoms with Crippen LogP contribution in [0.3, 0.4) is 0 Å². The molecular formula is C44H60N4O6. The summed E-state index contributed by atoms with van der Waals surface area (Å²) in [4.78, 5) is 93.8. The Morgan fingerprint density at radius 3 is 2.26 bits per heavy atom. The highest BCUT2D eigenvalue weighted by Crippen LogP contribution is 2.44. The number of hydrogen-bond acceptors (Lipinski definition) is 8. The Kier molecular flexibility index (Phi) is 14.1. The molecule has 2 heterocycles. The average molecular weight is 741 g/mol. The lowest BCUT2D eigenvalue weighted by atomic mass is 9.76. The Morgan fingerprint density at radius 2 is 1.61 bits per heavy atom. The van der Waals surface area contributed by atoms with Crippen LogP contribution < -0.4 is 5.32 Å².